The van der Waals surface area contributed by atoms with Gasteiger partial charge in [0.1, 0.15) is 0 Å². The molecule has 1 N–H and O–H groups in total. The number of amides is 1. The summed E-state index contributed by atoms with van der Waals surface area (Å²) in [5.74, 6) is 0.297. The summed E-state index contributed by atoms with van der Waals surface area (Å²) in [5, 5.41) is 3.00. The van der Waals surface area contributed by atoms with Gasteiger partial charge in [-0.25, -0.2) is 0 Å². The fraction of sp³-hybridized carbons (Fsp3) is 0.391. The summed E-state index contributed by atoms with van der Waals surface area (Å²) in [6.07, 6.45) is 1.62. The van der Waals surface area contributed by atoms with Crippen molar-refractivity contribution in [2.24, 2.45) is 5.92 Å². The molecule has 0 spiro atoms. The van der Waals surface area contributed by atoms with Crippen molar-refractivity contribution in [1.29, 1.82) is 0 Å². The minimum atomic E-state index is 0.00487. The molecular weight excluding hydrogens is 336 g/mol. The van der Waals surface area contributed by atoms with Crippen molar-refractivity contribution in [3.63, 3.8) is 0 Å². The molecule has 1 amide bonds. The standard InChI is InChI=1S/C23H28N2O2/c1-16-4-7-19(8-5-16)23(27)20-10-12-25(13-11-20)15-22(26)24-21-9-6-17(2)14-18(21)3/h4-9,14,20H,10-13,15H2,1-3H3,(H,24,26). The Morgan fingerprint density at radius 1 is 0.963 bits per heavy atom. The van der Waals surface area contributed by atoms with Gasteiger partial charge in [0.15, 0.2) is 5.78 Å². The first-order valence-corrected chi connectivity index (χ1v) is 9.63. The minimum Gasteiger partial charge on any atom is -0.325 e. The molecule has 0 aromatic heterocycles. The first kappa shape index (κ1) is 19.3. The molecule has 0 unspecified atom stereocenters. The van der Waals surface area contributed by atoms with E-state index in [0.29, 0.717) is 6.54 Å². The van der Waals surface area contributed by atoms with Crippen LogP contribution in [0.3, 0.4) is 0 Å². The predicted molar refractivity (Wildman–Crippen MR) is 109 cm³/mol. The van der Waals surface area contributed by atoms with E-state index >= 15 is 0 Å². The summed E-state index contributed by atoms with van der Waals surface area (Å²) < 4.78 is 0. The first-order chi connectivity index (χ1) is 12.9. The molecule has 1 fully saturated rings. The third-order valence-electron chi connectivity index (χ3n) is 5.32. The number of hydrogen-bond donors (Lipinski definition) is 1. The van der Waals surface area contributed by atoms with Crippen molar-refractivity contribution in [3.05, 3.63) is 64.7 Å². The number of Topliss-reactive ketones (excluding diaryl/α,β-unsaturated/α-hetero) is 1. The summed E-state index contributed by atoms with van der Waals surface area (Å²) >= 11 is 0. The van der Waals surface area contributed by atoms with Gasteiger partial charge >= 0.3 is 0 Å². The van der Waals surface area contributed by atoms with Crippen LogP contribution >= 0.6 is 0 Å². The van der Waals surface area contributed by atoms with Gasteiger partial charge in [-0.3, -0.25) is 14.5 Å². The molecule has 2 aromatic rings. The van der Waals surface area contributed by atoms with E-state index in [1.54, 1.807) is 0 Å². The zero-order valence-electron chi connectivity index (χ0n) is 16.4. The Hall–Kier alpha value is -2.46. The second-order valence-corrected chi connectivity index (χ2v) is 7.65. The number of carbonyl (C=O) groups excluding carboxylic acids is 2. The van der Waals surface area contributed by atoms with Crippen LogP contribution in [0.5, 0.6) is 0 Å². The van der Waals surface area contributed by atoms with Crippen LogP contribution in [0.1, 0.15) is 39.9 Å². The van der Waals surface area contributed by atoms with Gasteiger partial charge < -0.3 is 5.32 Å². The number of carbonyl (C=O) groups is 2. The molecule has 0 radical (unpaired) electrons. The van der Waals surface area contributed by atoms with Crippen LogP contribution in [0.4, 0.5) is 5.69 Å². The van der Waals surface area contributed by atoms with Crippen LogP contribution in [-0.2, 0) is 4.79 Å². The number of aryl methyl sites for hydroxylation is 3. The minimum absolute atomic E-state index is 0.00487. The molecule has 0 bridgehead atoms. The van der Waals surface area contributed by atoms with Crippen molar-refractivity contribution >= 4 is 17.4 Å². The number of benzene rings is 2. The monoisotopic (exact) mass is 364 g/mol. The van der Waals surface area contributed by atoms with E-state index in [1.807, 2.05) is 57.2 Å². The van der Waals surface area contributed by atoms with Crippen molar-refractivity contribution in [3.8, 4) is 0 Å². The molecular formula is C23H28N2O2. The number of piperidine rings is 1. The van der Waals surface area contributed by atoms with Crippen molar-refractivity contribution in [1.82, 2.24) is 4.90 Å². The second kappa shape index (κ2) is 8.49. The highest BCUT2D eigenvalue weighted by molar-refractivity contribution is 5.98. The lowest BCUT2D eigenvalue weighted by Crippen LogP contribution is -2.40. The highest BCUT2D eigenvalue weighted by Crippen LogP contribution is 2.22. The number of hydrogen-bond acceptors (Lipinski definition) is 3. The van der Waals surface area contributed by atoms with Crippen LogP contribution in [0.2, 0.25) is 0 Å². The molecule has 4 heteroatoms. The summed E-state index contributed by atoms with van der Waals surface area (Å²) in [6, 6.07) is 13.8. The van der Waals surface area contributed by atoms with Gasteiger partial charge in [-0.05, 0) is 58.3 Å². The zero-order chi connectivity index (χ0) is 19.4. The molecule has 1 aliphatic heterocycles. The molecule has 0 atom stereocenters. The fourth-order valence-corrected chi connectivity index (χ4v) is 3.65. The lowest BCUT2D eigenvalue weighted by molar-refractivity contribution is -0.117. The quantitative estimate of drug-likeness (QED) is 0.811. The molecule has 4 nitrogen and oxygen atoms in total. The molecule has 0 aliphatic carbocycles. The molecule has 1 heterocycles. The van der Waals surface area contributed by atoms with E-state index in [4.69, 9.17) is 0 Å². The van der Waals surface area contributed by atoms with Gasteiger partial charge in [0.25, 0.3) is 0 Å². The highest BCUT2D eigenvalue weighted by Gasteiger charge is 2.26. The van der Waals surface area contributed by atoms with Crippen LogP contribution < -0.4 is 5.32 Å². The Balaban J connectivity index is 1.49. The smallest absolute Gasteiger partial charge is 0.238 e. The van der Waals surface area contributed by atoms with E-state index in [2.05, 4.69) is 16.3 Å². The Morgan fingerprint density at radius 3 is 2.22 bits per heavy atom. The molecule has 1 aliphatic rings. The number of nitrogens with one attached hydrogen (secondary N) is 1. The van der Waals surface area contributed by atoms with E-state index in [-0.39, 0.29) is 17.6 Å². The average molecular weight is 364 g/mol. The highest BCUT2D eigenvalue weighted by atomic mass is 16.2. The molecule has 1 saturated heterocycles. The summed E-state index contributed by atoms with van der Waals surface area (Å²) in [4.78, 5) is 27.2. The summed E-state index contributed by atoms with van der Waals surface area (Å²) in [7, 11) is 0. The first-order valence-electron chi connectivity index (χ1n) is 9.63. The zero-order valence-corrected chi connectivity index (χ0v) is 16.4. The summed E-state index contributed by atoms with van der Waals surface area (Å²) in [5.41, 5.74) is 5.09. The van der Waals surface area contributed by atoms with Gasteiger partial charge in [0, 0.05) is 17.2 Å². The topological polar surface area (TPSA) is 49.4 Å². The Bertz CT molecular complexity index is 819. The van der Waals surface area contributed by atoms with E-state index in [0.717, 1.165) is 48.3 Å². The Labute approximate surface area is 161 Å². The second-order valence-electron chi connectivity index (χ2n) is 7.65. The SMILES string of the molecule is Cc1ccc(C(=O)C2CCN(CC(=O)Nc3ccc(C)cc3C)CC2)cc1. The summed E-state index contributed by atoms with van der Waals surface area (Å²) in [6.45, 7) is 8.01. The van der Waals surface area contributed by atoms with Crippen LogP contribution in [0.15, 0.2) is 42.5 Å². The van der Waals surface area contributed by atoms with Gasteiger partial charge in [-0.2, -0.15) is 0 Å². The fourth-order valence-electron chi connectivity index (χ4n) is 3.65. The Morgan fingerprint density at radius 2 is 1.59 bits per heavy atom. The number of rotatable bonds is 5. The normalized spacial score (nSPS) is 15.5. The molecule has 3 rings (SSSR count). The van der Waals surface area contributed by atoms with E-state index < -0.39 is 0 Å². The number of ketones is 1. The van der Waals surface area contributed by atoms with Crippen molar-refractivity contribution < 1.29 is 9.59 Å². The largest absolute Gasteiger partial charge is 0.325 e. The number of nitrogens with zero attached hydrogens (tertiary/aromatic N) is 1. The molecule has 27 heavy (non-hydrogen) atoms. The van der Waals surface area contributed by atoms with Crippen LogP contribution in [0.25, 0.3) is 0 Å². The number of likely N-dealkylation sites (tertiary alicyclic amines) is 1. The Kier molecular flexibility index (Phi) is 6.07. The predicted octanol–water partition coefficient (Wildman–Crippen LogP) is 4.15. The van der Waals surface area contributed by atoms with Gasteiger partial charge in [0.05, 0.1) is 6.54 Å². The maximum Gasteiger partial charge on any atom is 0.238 e. The lowest BCUT2D eigenvalue weighted by Gasteiger charge is -2.30. The van der Waals surface area contributed by atoms with Crippen LogP contribution in [0, 0.1) is 26.7 Å². The maximum atomic E-state index is 12.6. The molecule has 0 saturated carbocycles. The van der Waals surface area contributed by atoms with Crippen molar-refractivity contribution in [2.75, 3.05) is 25.0 Å². The number of anilines is 1. The van der Waals surface area contributed by atoms with Gasteiger partial charge in [-0.1, -0.05) is 47.5 Å². The van der Waals surface area contributed by atoms with Crippen molar-refractivity contribution in [2.45, 2.75) is 33.6 Å². The van der Waals surface area contributed by atoms with Crippen LogP contribution in [-0.4, -0.2) is 36.2 Å². The van der Waals surface area contributed by atoms with E-state index in [9.17, 15) is 9.59 Å². The van der Waals surface area contributed by atoms with E-state index in [1.165, 1.54) is 5.56 Å². The third kappa shape index (κ3) is 5.04. The average Bonchev–Trinajstić information content (AvgIpc) is 2.65. The molecule has 142 valence electrons. The third-order valence-corrected chi connectivity index (χ3v) is 5.32. The van der Waals surface area contributed by atoms with Gasteiger partial charge in [-0.15, -0.1) is 0 Å². The lowest BCUT2D eigenvalue weighted by atomic mass is 9.88. The van der Waals surface area contributed by atoms with Gasteiger partial charge in [0.2, 0.25) is 5.91 Å². The maximum absolute atomic E-state index is 12.6. The molecule has 2 aromatic carbocycles.